The summed E-state index contributed by atoms with van der Waals surface area (Å²) < 4.78 is 6.02. The van der Waals surface area contributed by atoms with E-state index in [0.717, 1.165) is 45.4 Å². The quantitative estimate of drug-likeness (QED) is 0.244. The first kappa shape index (κ1) is 23.5. The Morgan fingerprint density at radius 3 is 2.81 bits per heavy atom. The van der Waals surface area contributed by atoms with Gasteiger partial charge in [0.15, 0.2) is 5.16 Å². The van der Waals surface area contributed by atoms with Gasteiger partial charge < -0.3 is 10.1 Å². The number of rotatable bonds is 9. The molecule has 1 aliphatic heterocycles. The Bertz CT molecular complexity index is 1080. The summed E-state index contributed by atoms with van der Waals surface area (Å²) in [4.78, 5) is 24.5. The van der Waals surface area contributed by atoms with Crippen molar-refractivity contribution in [2.75, 3.05) is 18.1 Å². The second kappa shape index (κ2) is 10.5. The van der Waals surface area contributed by atoms with Crippen LogP contribution >= 0.6 is 34.9 Å². The third kappa shape index (κ3) is 5.84. The lowest BCUT2D eigenvalue weighted by atomic mass is 9.95. The minimum absolute atomic E-state index is 0.0354. The fourth-order valence-electron chi connectivity index (χ4n) is 3.63. The Morgan fingerprint density at radius 2 is 2.03 bits per heavy atom. The van der Waals surface area contributed by atoms with Gasteiger partial charge >= 0.3 is 0 Å². The number of carbonyl (C=O) groups excluding carboxylic acids is 1. The van der Waals surface area contributed by atoms with Crippen molar-refractivity contribution in [1.82, 2.24) is 15.3 Å². The monoisotopic (exact) mass is 487 g/mol. The number of hydrogen-bond donors (Lipinski definition) is 1. The summed E-state index contributed by atoms with van der Waals surface area (Å²) in [6.07, 6.45) is 2.74. The molecule has 170 valence electrons. The van der Waals surface area contributed by atoms with Gasteiger partial charge in [0.25, 0.3) is 0 Å². The van der Waals surface area contributed by atoms with Crippen molar-refractivity contribution >= 4 is 51.0 Å². The van der Waals surface area contributed by atoms with E-state index >= 15 is 0 Å². The van der Waals surface area contributed by atoms with E-state index in [9.17, 15) is 4.79 Å². The van der Waals surface area contributed by atoms with Crippen LogP contribution in [0.4, 0.5) is 0 Å². The van der Waals surface area contributed by atoms with Gasteiger partial charge in [0.05, 0.1) is 18.0 Å². The van der Waals surface area contributed by atoms with Crippen LogP contribution in [0.3, 0.4) is 0 Å². The molecule has 0 bridgehead atoms. The average molecular weight is 488 g/mol. The molecule has 1 aromatic carbocycles. The average Bonchev–Trinajstić information content (AvgIpc) is 3.13. The minimum Gasteiger partial charge on any atom is -0.370 e. The number of carbonyl (C=O) groups is 1. The van der Waals surface area contributed by atoms with E-state index in [0.29, 0.717) is 18.9 Å². The summed E-state index contributed by atoms with van der Waals surface area (Å²) in [5.74, 6) is 1.37. The predicted molar refractivity (Wildman–Crippen MR) is 135 cm³/mol. The van der Waals surface area contributed by atoms with E-state index in [1.54, 1.807) is 23.1 Å². The standard InChI is InChI=1S/C24H29N3O2S3/c1-4-12-30-23-26-21(31-15-19(28)25-11-10-16-8-6-5-7-9-16)20-17-13-24(2,3)29-14-18(17)32-22(20)27-23/h5-9H,4,10-15H2,1-3H3,(H,25,28). The number of nitrogens with one attached hydrogen (secondary N) is 1. The molecule has 0 spiro atoms. The number of fused-ring (bicyclic) bond motifs is 3. The lowest BCUT2D eigenvalue weighted by Crippen LogP contribution is -2.31. The molecule has 8 heteroatoms. The maximum Gasteiger partial charge on any atom is 0.230 e. The molecular formula is C24H29N3O2S3. The van der Waals surface area contributed by atoms with Gasteiger partial charge in [0.2, 0.25) is 5.91 Å². The number of ether oxygens (including phenoxy) is 1. The Labute approximate surface area is 202 Å². The van der Waals surface area contributed by atoms with E-state index < -0.39 is 0 Å². The predicted octanol–water partition coefficient (Wildman–Crippen LogP) is 5.50. The molecule has 2 aromatic heterocycles. The van der Waals surface area contributed by atoms with Crippen LogP contribution in [0.25, 0.3) is 10.2 Å². The van der Waals surface area contributed by atoms with Gasteiger partial charge in [-0.2, -0.15) is 0 Å². The van der Waals surface area contributed by atoms with Gasteiger partial charge in [-0.3, -0.25) is 4.79 Å². The van der Waals surface area contributed by atoms with Crippen LogP contribution in [0.15, 0.2) is 40.5 Å². The van der Waals surface area contributed by atoms with Crippen molar-refractivity contribution < 1.29 is 9.53 Å². The van der Waals surface area contributed by atoms with Crippen LogP contribution in [-0.2, 0) is 29.0 Å². The van der Waals surface area contributed by atoms with E-state index in [-0.39, 0.29) is 11.5 Å². The van der Waals surface area contributed by atoms with E-state index in [4.69, 9.17) is 14.7 Å². The Balaban J connectivity index is 1.49. The summed E-state index contributed by atoms with van der Waals surface area (Å²) in [5, 5.41) is 5.87. The van der Waals surface area contributed by atoms with Gasteiger partial charge in [-0.15, -0.1) is 11.3 Å². The minimum atomic E-state index is -0.201. The van der Waals surface area contributed by atoms with Crippen molar-refractivity contribution in [3.8, 4) is 0 Å². The topological polar surface area (TPSA) is 64.1 Å². The zero-order valence-electron chi connectivity index (χ0n) is 18.8. The molecule has 3 heterocycles. The van der Waals surface area contributed by atoms with Gasteiger partial charge in [0, 0.05) is 29.0 Å². The molecule has 0 atom stereocenters. The van der Waals surface area contributed by atoms with E-state index in [1.807, 2.05) is 18.2 Å². The molecule has 4 rings (SSSR count). The number of hydrogen-bond acceptors (Lipinski definition) is 7. The van der Waals surface area contributed by atoms with Crippen molar-refractivity contribution in [2.24, 2.45) is 0 Å². The Kier molecular flexibility index (Phi) is 7.76. The molecule has 0 aliphatic carbocycles. The first-order valence-electron chi connectivity index (χ1n) is 11.0. The van der Waals surface area contributed by atoms with Crippen LogP contribution in [0, 0.1) is 0 Å². The van der Waals surface area contributed by atoms with Crippen LogP contribution in [0.5, 0.6) is 0 Å². The van der Waals surface area contributed by atoms with Crippen LogP contribution in [0.2, 0.25) is 0 Å². The molecule has 32 heavy (non-hydrogen) atoms. The Hall–Kier alpha value is -1.61. The maximum absolute atomic E-state index is 12.5. The van der Waals surface area contributed by atoms with Crippen molar-refractivity contribution in [1.29, 1.82) is 0 Å². The summed E-state index contributed by atoms with van der Waals surface area (Å²) in [7, 11) is 0. The molecule has 3 aromatic rings. The number of aromatic nitrogens is 2. The molecule has 1 aliphatic rings. The Morgan fingerprint density at radius 1 is 1.22 bits per heavy atom. The van der Waals surface area contributed by atoms with Crippen molar-refractivity contribution in [2.45, 2.75) is 62.4 Å². The number of nitrogens with zero attached hydrogens (tertiary/aromatic N) is 2. The highest BCUT2D eigenvalue weighted by molar-refractivity contribution is 8.00. The molecule has 0 fully saturated rings. The molecule has 5 nitrogen and oxygen atoms in total. The van der Waals surface area contributed by atoms with Crippen LogP contribution < -0.4 is 5.32 Å². The maximum atomic E-state index is 12.5. The number of thiophene rings is 1. The normalized spacial score (nSPS) is 15.0. The lowest BCUT2D eigenvalue weighted by Gasteiger charge is -2.30. The number of benzene rings is 1. The smallest absolute Gasteiger partial charge is 0.230 e. The van der Waals surface area contributed by atoms with Gasteiger partial charge in [-0.05, 0) is 37.8 Å². The third-order valence-corrected chi connectivity index (χ3v) is 8.36. The molecule has 0 unspecified atom stereocenters. The highest BCUT2D eigenvalue weighted by Crippen LogP contribution is 2.42. The first-order chi connectivity index (χ1) is 15.4. The fraction of sp³-hybridized carbons (Fsp3) is 0.458. The van der Waals surface area contributed by atoms with Crippen LogP contribution in [0.1, 0.15) is 43.2 Å². The molecular weight excluding hydrogens is 458 g/mol. The van der Waals surface area contributed by atoms with E-state index in [1.165, 1.54) is 27.8 Å². The van der Waals surface area contributed by atoms with E-state index in [2.05, 4.69) is 38.2 Å². The lowest BCUT2D eigenvalue weighted by molar-refractivity contribution is -0.118. The molecule has 1 N–H and O–H groups in total. The van der Waals surface area contributed by atoms with Crippen LogP contribution in [-0.4, -0.2) is 39.5 Å². The first-order valence-corrected chi connectivity index (χ1v) is 13.8. The van der Waals surface area contributed by atoms with Gasteiger partial charge in [0.1, 0.15) is 9.86 Å². The SMILES string of the molecule is CCCSc1nc(SCC(=O)NCCc2ccccc2)c2c3c(sc2n1)COC(C)(C)C3. The fourth-order valence-corrected chi connectivity index (χ4v) is 6.50. The number of amides is 1. The summed E-state index contributed by atoms with van der Waals surface area (Å²) in [6, 6.07) is 10.2. The highest BCUT2D eigenvalue weighted by Gasteiger charge is 2.31. The van der Waals surface area contributed by atoms with Crippen molar-refractivity contribution in [3.05, 3.63) is 46.3 Å². The molecule has 0 radical (unpaired) electrons. The second-order valence-corrected chi connectivity index (χ2v) is 11.6. The largest absolute Gasteiger partial charge is 0.370 e. The second-order valence-electron chi connectivity index (χ2n) is 8.44. The number of thioether (sulfide) groups is 2. The third-order valence-electron chi connectivity index (χ3n) is 5.23. The van der Waals surface area contributed by atoms with Crippen molar-refractivity contribution in [3.63, 3.8) is 0 Å². The zero-order chi connectivity index (χ0) is 22.6. The summed E-state index contributed by atoms with van der Waals surface area (Å²) >= 11 is 4.90. The van der Waals surface area contributed by atoms with Gasteiger partial charge in [-0.1, -0.05) is 60.8 Å². The molecule has 1 amide bonds. The summed E-state index contributed by atoms with van der Waals surface area (Å²) in [5.41, 5.74) is 2.32. The van der Waals surface area contributed by atoms with Gasteiger partial charge in [-0.25, -0.2) is 9.97 Å². The molecule has 0 saturated heterocycles. The zero-order valence-corrected chi connectivity index (χ0v) is 21.2. The molecule has 0 saturated carbocycles. The summed E-state index contributed by atoms with van der Waals surface area (Å²) in [6.45, 7) is 7.66. The highest BCUT2D eigenvalue weighted by atomic mass is 32.2.